The lowest BCUT2D eigenvalue weighted by atomic mass is 10.2. The van der Waals surface area contributed by atoms with E-state index in [2.05, 4.69) is 15.3 Å². The highest BCUT2D eigenvalue weighted by atomic mass is 15.2. The molecule has 5 nitrogen and oxygen atoms in total. The van der Waals surface area contributed by atoms with Gasteiger partial charge in [0.15, 0.2) is 6.29 Å². The van der Waals surface area contributed by atoms with Gasteiger partial charge in [-0.3, -0.25) is 15.1 Å². The Balaban J connectivity index is 2.34. The van der Waals surface area contributed by atoms with Crippen molar-refractivity contribution in [2.45, 2.75) is 6.29 Å². The maximum atomic E-state index is 5.67. The average Bonchev–Trinajstić information content (AvgIpc) is 2.65. The molecule has 70 valence electrons. The maximum Gasteiger partial charge on any atom is 0.172 e. The van der Waals surface area contributed by atoms with Crippen molar-refractivity contribution < 1.29 is 0 Å². The summed E-state index contributed by atoms with van der Waals surface area (Å²) in [6.45, 7) is 0. The zero-order chi connectivity index (χ0) is 9.54. The number of aliphatic imine (C=N–C) groups is 1. The molecular formula is C9H9N5. The number of aromatic nitrogens is 2. The lowest BCUT2D eigenvalue weighted by molar-refractivity contribution is 0.794. The van der Waals surface area contributed by atoms with Gasteiger partial charge in [-0.1, -0.05) is 0 Å². The van der Waals surface area contributed by atoms with Crippen molar-refractivity contribution in [1.29, 1.82) is 0 Å². The number of imidazole rings is 1. The van der Waals surface area contributed by atoms with Gasteiger partial charge in [0.2, 0.25) is 0 Å². The van der Waals surface area contributed by atoms with Crippen LogP contribution in [0.3, 0.4) is 0 Å². The Kier molecular flexibility index (Phi) is 1.37. The quantitative estimate of drug-likeness (QED) is 0.628. The van der Waals surface area contributed by atoms with Crippen molar-refractivity contribution in [3.8, 4) is 0 Å². The van der Waals surface area contributed by atoms with Gasteiger partial charge in [-0.2, -0.15) is 0 Å². The second kappa shape index (κ2) is 2.55. The Morgan fingerprint density at radius 2 is 2.36 bits per heavy atom. The molecule has 2 aromatic heterocycles. The number of nitrogens with two attached hydrogens (primary N) is 1. The van der Waals surface area contributed by atoms with E-state index in [9.17, 15) is 0 Å². The topological polar surface area (TPSA) is 67.7 Å². The van der Waals surface area contributed by atoms with Crippen LogP contribution in [0.4, 0.5) is 5.82 Å². The van der Waals surface area contributed by atoms with Gasteiger partial charge in [-0.05, 0) is 12.1 Å². The first-order chi connectivity index (χ1) is 6.84. The summed E-state index contributed by atoms with van der Waals surface area (Å²) < 4.78 is 1.96. The molecule has 0 amide bonds. The number of hydrogen-bond acceptors (Lipinski definition) is 4. The molecule has 2 aromatic rings. The summed E-state index contributed by atoms with van der Waals surface area (Å²) in [5, 5.41) is 3.09. The van der Waals surface area contributed by atoms with Crippen LogP contribution in [0.1, 0.15) is 5.56 Å². The first-order valence-electron chi connectivity index (χ1n) is 4.36. The molecule has 5 heteroatoms. The lowest BCUT2D eigenvalue weighted by Crippen LogP contribution is -2.31. The SMILES string of the molecule is NC1N=Cc2ccc3nccn3c2N1. The van der Waals surface area contributed by atoms with Crippen molar-refractivity contribution >= 4 is 17.7 Å². The molecule has 3 rings (SSSR count). The number of fused-ring (bicyclic) bond motifs is 3. The summed E-state index contributed by atoms with van der Waals surface area (Å²) in [6, 6.07) is 3.92. The summed E-state index contributed by atoms with van der Waals surface area (Å²) in [6.07, 6.45) is 5.06. The fourth-order valence-electron chi connectivity index (χ4n) is 1.60. The number of pyridine rings is 1. The largest absolute Gasteiger partial charge is 0.337 e. The van der Waals surface area contributed by atoms with Crippen LogP contribution in [0, 0.1) is 0 Å². The highest BCUT2D eigenvalue weighted by Crippen LogP contribution is 2.19. The molecule has 1 unspecified atom stereocenters. The molecule has 0 aliphatic carbocycles. The Bertz CT molecular complexity index is 513. The normalized spacial score (nSPS) is 19.4. The van der Waals surface area contributed by atoms with Crippen molar-refractivity contribution in [2.75, 3.05) is 5.32 Å². The van der Waals surface area contributed by atoms with E-state index < -0.39 is 0 Å². The van der Waals surface area contributed by atoms with Gasteiger partial charge in [0.05, 0.1) is 0 Å². The highest BCUT2D eigenvalue weighted by Gasteiger charge is 2.12. The molecule has 0 spiro atoms. The third-order valence-corrected chi connectivity index (χ3v) is 2.25. The van der Waals surface area contributed by atoms with E-state index >= 15 is 0 Å². The molecule has 0 radical (unpaired) electrons. The number of hydrogen-bond donors (Lipinski definition) is 2. The van der Waals surface area contributed by atoms with E-state index in [1.807, 2.05) is 22.7 Å². The molecule has 0 saturated carbocycles. The Morgan fingerprint density at radius 3 is 3.29 bits per heavy atom. The van der Waals surface area contributed by atoms with Crippen molar-refractivity contribution in [3.05, 3.63) is 30.1 Å². The van der Waals surface area contributed by atoms with Gasteiger partial charge in [0, 0.05) is 24.2 Å². The van der Waals surface area contributed by atoms with Gasteiger partial charge in [-0.15, -0.1) is 0 Å². The number of nitrogens with one attached hydrogen (secondary N) is 1. The van der Waals surface area contributed by atoms with E-state index in [4.69, 9.17) is 5.73 Å². The number of anilines is 1. The summed E-state index contributed by atoms with van der Waals surface area (Å²) in [5.41, 5.74) is 7.59. The van der Waals surface area contributed by atoms with Crippen molar-refractivity contribution in [3.63, 3.8) is 0 Å². The standard InChI is InChI=1S/C9H9N5/c10-9-12-5-6-1-2-7-11-3-4-14(7)8(6)13-9/h1-5,9,13H,10H2. The van der Waals surface area contributed by atoms with Crippen LogP contribution in [-0.4, -0.2) is 21.9 Å². The minimum absolute atomic E-state index is 0.365. The molecular weight excluding hydrogens is 178 g/mol. The third-order valence-electron chi connectivity index (χ3n) is 2.25. The zero-order valence-corrected chi connectivity index (χ0v) is 7.38. The second-order valence-corrected chi connectivity index (χ2v) is 3.16. The monoisotopic (exact) mass is 187 g/mol. The van der Waals surface area contributed by atoms with Crippen LogP contribution >= 0.6 is 0 Å². The zero-order valence-electron chi connectivity index (χ0n) is 7.38. The first-order valence-corrected chi connectivity index (χ1v) is 4.36. The van der Waals surface area contributed by atoms with Gasteiger partial charge < -0.3 is 5.32 Å². The van der Waals surface area contributed by atoms with Crippen LogP contribution in [0.2, 0.25) is 0 Å². The molecule has 0 aromatic carbocycles. The smallest absolute Gasteiger partial charge is 0.172 e. The van der Waals surface area contributed by atoms with Crippen molar-refractivity contribution in [2.24, 2.45) is 10.7 Å². The fraction of sp³-hybridized carbons (Fsp3) is 0.111. The molecule has 14 heavy (non-hydrogen) atoms. The van der Waals surface area contributed by atoms with Crippen LogP contribution in [0.25, 0.3) is 5.65 Å². The predicted molar refractivity (Wildman–Crippen MR) is 54.4 cm³/mol. The van der Waals surface area contributed by atoms with E-state index in [0.29, 0.717) is 0 Å². The Morgan fingerprint density at radius 1 is 1.43 bits per heavy atom. The van der Waals surface area contributed by atoms with Crippen LogP contribution in [-0.2, 0) is 0 Å². The van der Waals surface area contributed by atoms with E-state index in [1.54, 1.807) is 12.4 Å². The lowest BCUT2D eigenvalue weighted by Gasteiger charge is -2.19. The first kappa shape index (κ1) is 7.52. The second-order valence-electron chi connectivity index (χ2n) is 3.16. The molecule has 0 fully saturated rings. The van der Waals surface area contributed by atoms with Crippen LogP contribution in [0.5, 0.6) is 0 Å². The average molecular weight is 187 g/mol. The molecule has 1 atom stereocenters. The maximum absolute atomic E-state index is 5.67. The molecule has 3 N–H and O–H groups in total. The fourth-order valence-corrected chi connectivity index (χ4v) is 1.60. The van der Waals surface area contributed by atoms with Gasteiger partial charge >= 0.3 is 0 Å². The van der Waals surface area contributed by atoms with Gasteiger partial charge in [-0.25, -0.2) is 4.98 Å². The summed E-state index contributed by atoms with van der Waals surface area (Å²) >= 11 is 0. The van der Waals surface area contributed by atoms with Gasteiger partial charge in [0.1, 0.15) is 11.5 Å². The summed E-state index contributed by atoms with van der Waals surface area (Å²) in [4.78, 5) is 8.26. The van der Waals surface area contributed by atoms with Crippen molar-refractivity contribution in [1.82, 2.24) is 9.38 Å². The van der Waals surface area contributed by atoms with Gasteiger partial charge in [0.25, 0.3) is 0 Å². The molecule has 0 saturated heterocycles. The number of nitrogens with zero attached hydrogens (tertiary/aromatic N) is 3. The molecule has 1 aliphatic heterocycles. The van der Waals surface area contributed by atoms with E-state index in [0.717, 1.165) is 17.0 Å². The molecule has 3 heterocycles. The molecule has 0 bridgehead atoms. The minimum Gasteiger partial charge on any atom is -0.337 e. The third kappa shape index (κ3) is 0.928. The van der Waals surface area contributed by atoms with E-state index in [-0.39, 0.29) is 6.29 Å². The minimum atomic E-state index is -0.365. The van der Waals surface area contributed by atoms with Crippen LogP contribution in [0.15, 0.2) is 29.5 Å². The Labute approximate surface area is 80.3 Å². The highest BCUT2D eigenvalue weighted by molar-refractivity contribution is 5.89. The predicted octanol–water partition coefficient (Wildman–Crippen LogP) is 0.421. The van der Waals surface area contributed by atoms with Crippen LogP contribution < -0.4 is 11.1 Å². The Hall–Kier alpha value is -1.88. The number of rotatable bonds is 0. The van der Waals surface area contributed by atoms with E-state index in [1.165, 1.54) is 0 Å². The summed E-state index contributed by atoms with van der Waals surface area (Å²) in [7, 11) is 0. The molecule has 1 aliphatic rings. The summed E-state index contributed by atoms with van der Waals surface area (Å²) in [5.74, 6) is 0.947.